The summed E-state index contributed by atoms with van der Waals surface area (Å²) in [6, 6.07) is 3.22. The lowest BCUT2D eigenvalue weighted by molar-refractivity contribution is 0.0902. The molecular weight excluding hydrogens is 208 g/mol. The van der Waals surface area contributed by atoms with Gasteiger partial charge >= 0.3 is 0 Å². The molecule has 2 N–H and O–H groups in total. The average Bonchev–Trinajstić information content (AvgIpc) is 2.27. The topological polar surface area (TPSA) is 82.3 Å². The highest BCUT2D eigenvalue weighted by Gasteiger charge is 2.32. The summed E-state index contributed by atoms with van der Waals surface area (Å²) in [5.74, 6) is -0.972. The van der Waals surface area contributed by atoms with Crippen molar-refractivity contribution in [3.8, 4) is 0 Å². The molecule has 5 nitrogen and oxygen atoms in total. The summed E-state index contributed by atoms with van der Waals surface area (Å²) < 4.78 is 4.83. The maximum absolute atomic E-state index is 11.9. The third-order valence-electron chi connectivity index (χ3n) is 2.39. The second kappa shape index (κ2) is 3.44. The Morgan fingerprint density at radius 2 is 1.94 bits per heavy atom. The quantitative estimate of drug-likeness (QED) is 0.745. The molecule has 0 saturated carbocycles. The minimum absolute atomic E-state index is 0.100. The van der Waals surface area contributed by atoms with Crippen LogP contribution < -0.4 is 5.73 Å². The van der Waals surface area contributed by atoms with E-state index in [1.807, 2.05) is 0 Å². The first-order valence-electron chi connectivity index (χ1n) is 4.67. The summed E-state index contributed by atoms with van der Waals surface area (Å²) in [4.78, 5) is 27.7. The van der Waals surface area contributed by atoms with E-state index in [1.54, 1.807) is 19.1 Å². The van der Waals surface area contributed by atoms with Crippen LogP contribution in [0.15, 0.2) is 23.6 Å². The van der Waals surface area contributed by atoms with E-state index in [4.69, 9.17) is 10.5 Å². The fraction of sp³-hybridized carbons (Fsp3) is 0.182. The molecule has 0 aromatic carbocycles. The van der Waals surface area contributed by atoms with E-state index < -0.39 is 11.6 Å². The number of aromatic nitrogens is 1. The highest BCUT2D eigenvalue weighted by atomic mass is 16.5. The van der Waals surface area contributed by atoms with Crippen molar-refractivity contribution in [2.24, 2.45) is 5.73 Å². The number of fused-ring (bicyclic) bond motifs is 1. The van der Waals surface area contributed by atoms with Crippen molar-refractivity contribution < 1.29 is 14.3 Å². The van der Waals surface area contributed by atoms with Gasteiger partial charge in [-0.05, 0) is 19.1 Å². The van der Waals surface area contributed by atoms with Gasteiger partial charge in [-0.3, -0.25) is 9.59 Å². The smallest absolute Gasteiger partial charge is 0.232 e. The van der Waals surface area contributed by atoms with Gasteiger partial charge < -0.3 is 10.5 Å². The molecule has 5 heteroatoms. The van der Waals surface area contributed by atoms with Crippen LogP contribution in [0.2, 0.25) is 0 Å². The molecule has 1 aliphatic rings. The molecule has 1 aromatic heterocycles. The van der Waals surface area contributed by atoms with Gasteiger partial charge in [0, 0.05) is 5.69 Å². The first-order valence-corrected chi connectivity index (χ1v) is 4.67. The number of nitrogens with zero attached hydrogens (tertiary/aromatic N) is 1. The summed E-state index contributed by atoms with van der Waals surface area (Å²) in [7, 11) is 1.31. The van der Waals surface area contributed by atoms with Crippen molar-refractivity contribution >= 4 is 11.6 Å². The number of pyridine rings is 1. The molecule has 0 aliphatic heterocycles. The third kappa shape index (κ3) is 1.29. The molecule has 2 rings (SSSR count). The van der Waals surface area contributed by atoms with Crippen LogP contribution in [0, 0.1) is 6.92 Å². The third-order valence-corrected chi connectivity index (χ3v) is 2.39. The van der Waals surface area contributed by atoms with E-state index >= 15 is 0 Å². The lowest BCUT2D eigenvalue weighted by Gasteiger charge is -2.16. The zero-order chi connectivity index (χ0) is 11.9. The first kappa shape index (κ1) is 10.4. The molecule has 0 bridgehead atoms. The van der Waals surface area contributed by atoms with E-state index in [-0.39, 0.29) is 22.7 Å². The molecule has 16 heavy (non-hydrogen) atoms. The van der Waals surface area contributed by atoms with Crippen molar-refractivity contribution in [3.63, 3.8) is 0 Å². The Morgan fingerprint density at radius 3 is 2.56 bits per heavy atom. The van der Waals surface area contributed by atoms with Crippen molar-refractivity contribution in [1.82, 2.24) is 4.98 Å². The number of ketones is 2. The molecule has 0 saturated heterocycles. The molecule has 0 spiro atoms. The number of allylic oxidation sites excluding steroid dienone is 2. The van der Waals surface area contributed by atoms with Crippen LogP contribution in [0.1, 0.15) is 26.5 Å². The van der Waals surface area contributed by atoms with Crippen molar-refractivity contribution in [3.05, 3.63) is 40.5 Å². The molecule has 0 fully saturated rings. The van der Waals surface area contributed by atoms with Crippen LogP contribution in [0.3, 0.4) is 0 Å². The first-order chi connectivity index (χ1) is 7.56. The number of carbonyl (C=O) groups is 2. The second-order valence-corrected chi connectivity index (χ2v) is 3.45. The van der Waals surface area contributed by atoms with Gasteiger partial charge in [-0.2, -0.15) is 0 Å². The summed E-state index contributed by atoms with van der Waals surface area (Å²) in [5, 5.41) is 0. The molecule has 0 atom stereocenters. The van der Waals surface area contributed by atoms with E-state index in [0.717, 1.165) is 0 Å². The summed E-state index contributed by atoms with van der Waals surface area (Å²) in [6.07, 6.45) is 0. The highest BCUT2D eigenvalue weighted by molar-refractivity contribution is 6.24. The second-order valence-electron chi connectivity index (χ2n) is 3.45. The molecule has 0 unspecified atom stereocenters. The molecule has 1 aromatic rings. The number of carbonyl (C=O) groups excluding carboxylic acids is 2. The van der Waals surface area contributed by atoms with Crippen LogP contribution in [0.5, 0.6) is 0 Å². The van der Waals surface area contributed by atoms with Crippen LogP contribution in [0.4, 0.5) is 0 Å². The number of ether oxygens (including phenoxy) is 1. The molecule has 1 heterocycles. The van der Waals surface area contributed by atoms with E-state index in [1.165, 1.54) is 7.11 Å². The van der Waals surface area contributed by atoms with E-state index in [0.29, 0.717) is 5.69 Å². The zero-order valence-corrected chi connectivity index (χ0v) is 8.90. The van der Waals surface area contributed by atoms with Crippen LogP contribution in [-0.2, 0) is 4.74 Å². The highest BCUT2D eigenvalue weighted by Crippen LogP contribution is 2.23. The number of nitrogens with two attached hydrogens (primary N) is 1. The van der Waals surface area contributed by atoms with Crippen LogP contribution in [-0.4, -0.2) is 23.7 Å². The Labute approximate surface area is 91.9 Å². The normalized spacial score (nSPS) is 15.1. The van der Waals surface area contributed by atoms with Gasteiger partial charge in [-0.1, -0.05) is 0 Å². The van der Waals surface area contributed by atoms with Gasteiger partial charge in [-0.15, -0.1) is 0 Å². The lowest BCUT2D eigenvalue weighted by atomic mass is 9.95. The Hall–Kier alpha value is -2.17. The SMILES string of the molecule is COC1=C(N)C(=O)c2nc(C)ccc2C1=O. The minimum atomic E-state index is -0.463. The molecule has 1 aliphatic carbocycles. The molecular formula is C11H10N2O3. The Kier molecular flexibility index (Phi) is 2.23. The number of rotatable bonds is 1. The predicted octanol–water partition coefficient (Wildman–Crippen LogP) is 0.586. The van der Waals surface area contributed by atoms with Gasteiger partial charge in [-0.25, -0.2) is 4.98 Å². The van der Waals surface area contributed by atoms with Crippen LogP contribution >= 0.6 is 0 Å². The Bertz CT molecular complexity index is 532. The number of methoxy groups -OCH3 is 1. The Morgan fingerprint density at radius 1 is 1.25 bits per heavy atom. The van der Waals surface area contributed by atoms with E-state index in [2.05, 4.69) is 4.98 Å². The summed E-state index contributed by atoms with van der Waals surface area (Å²) in [5.41, 5.74) is 6.35. The fourth-order valence-corrected chi connectivity index (χ4v) is 1.59. The van der Waals surface area contributed by atoms with Gasteiger partial charge in [0.2, 0.25) is 11.6 Å². The van der Waals surface area contributed by atoms with Gasteiger partial charge in [0.15, 0.2) is 5.76 Å². The Balaban J connectivity index is 2.69. The molecule has 0 amide bonds. The summed E-state index contributed by atoms with van der Waals surface area (Å²) >= 11 is 0. The maximum atomic E-state index is 11.9. The number of Topliss-reactive ketones (excluding diaryl/α,β-unsaturated/α-hetero) is 2. The fourth-order valence-electron chi connectivity index (χ4n) is 1.59. The van der Waals surface area contributed by atoms with Gasteiger partial charge in [0.05, 0.1) is 12.7 Å². The predicted molar refractivity (Wildman–Crippen MR) is 55.9 cm³/mol. The number of aryl methyl sites for hydroxylation is 1. The van der Waals surface area contributed by atoms with Crippen molar-refractivity contribution in [2.75, 3.05) is 7.11 Å². The van der Waals surface area contributed by atoms with Crippen molar-refractivity contribution in [1.29, 1.82) is 0 Å². The minimum Gasteiger partial charge on any atom is -0.491 e. The van der Waals surface area contributed by atoms with Gasteiger partial charge in [0.25, 0.3) is 0 Å². The van der Waals surface area contributed by atoms with Crippen molar-refractivity contribution in [2.45, 2.75) is 6.92 Å². The lowest BCUT2D eigenvalue weighted by Crippen LogP contribution is -2.28. The van der Waals surface area contributed by atoms with Crippen LogP contribution in [0.25, 0.3) is 0 Å². The number of hydrogen-bond acceptors (Lipinski definition) is 5. The maximum Gasteiger partial charge on any atom is 0.232 e. The number of hydrogen-bond donors (Lipinski definition) is 1. The standard InChI is InChI=1S/C11H10N2O3/c1-5-3-4-6-8(13-5)10(15)7(12)11(16-2)9(6)14/h3-4H,12H2,1-2H3. The molecule has 82 valence electrons. The largest absolute Gasteiger partial charge is 0.491 e. The zero-order valence-electron chi connectivity index (χ0n) is 8.90. The summed E-state index contributed by atoms with van der Waals surface area (Å²) in [6.45, 7) is 1.74. The monoisotopic (exact) mass is 218 g/mol. The van der Waals surface area contributed by atoms with E-state index in [9.17, 15) is 9.59 Å². The van der Waals surface area contributed by atoms with Gasteiger partial charge in [0.1, 0.15) is 11.4 Å². The average molecular weight is 218 g/mol. The molecule has 0 radical (unpaired) electrons.